The number of carbonyl (C=O) groups is 1. The molecule has 5 nitrogen and oxygen atoms in total. The summed E-state index contributed by atoms with van der Waals surface area (Å²) < 4.78 is 7.37. The number of ether oxygens (including phenoxy) is 1. The molecule has 2 aromatic rings. The Morgan fingerprint density at radius 3 is 2.78 bits per heavy atom. The Morgan fingerprint density at radius 1 is 1.43 bits per heavy atom. The first kappa shape index (κ1) is 15.9. The van der Waals surface area contributed by atoms with E-state index in [9.17, 15) is 4.79 Å². The van der Waals surface area contributed by atoms with Crippen LogP contribution < -0.4 is 10.1 Å². The van der Waals surface area contributed by atoms with E-state index in [1.807, 2.05) is 17.7 Å². The van der Waals surface area contributed by atoms with Crippen LogP contribution in [0.5, 0.6) is 5.75 Å². The summed E-state index contributed by atoms with van der Waals surface area (Å²) in [7, 11) is 0. The van der Waals surface area contributed by atoms with Crippen molar-refractivity contribution in [3.05, 3.63) is 41.0 Å². The molecule has 6 heteroatoms. The highest BCUT2D eigenvalue weighted by Gasteiger charge is 2.31. The van der Waals surface area contributed by atoms with Crippen LogP contribution in [0.15, 0.2) is 30.3 Å². The Kier molecular flexibility index (Phi) is 4.57. The second-order valence-corrected chi connectivity index (χ2v) is 6.42. The third kappa shape index (κ3) is 4.05. The largest absolute Gasteiger partial charge is 0.484 e. The zero-order valence-electron chi connectivity index (χ0n) is 13.3. The molecule has 0 aliphatic heterocycles. The molecule has 1 aromatic carbocycles. The molecule has 1 heterocycles. The maximum Gasteiger partial charge on any atom is 0.263 e. The minimum absolute atomic E-state index is 0.0519. The Morgan fingerprint density at radius 2 is 2.13 bits per heavy atom. The summed E-state index contributed by atoms with van der Waals surface area (Å²) in [5.74, 6) is 1.80. The molecular weight excluding hydrogens is 314 g/mol. The van der Waals surface area contributed by atoms with E-state index in [0.717, 1.165) is 11.5 Å². The molecule has 0 bridgehead atoms. The summed E-state index contributed by atoms with van der Waals surface area (Å²) >= 11 is 5.82. The van der Waals surface area contributed by atoms with Gasteiger partial charge in [0.15, 0.2) is 6.61 Å². The summed E-state index contributed by atoms with van der Waals surface area (Å²) in [4.78, 5) is 12.1. The van der Waals surface area contributed by atoms with E-state index < -0.39 is 0 Å². The van der Waals surface area contributed by atoms with Crippen molar-refractivity contribution >= 4 is 23.3 Å². The molecule has 1 unspecified atom stereocenters. The lowest BCUT2D eigenvalue weighted by Crippen LogP contribution is -2.23. The predicted molar refractivity (Wildman–Crippen MR) is 90.0 cm³/mol. The van der Waals surface area contributed by atoms with Crippen molar-refractivity contribution in [1.29, 1.82) is 0 Å². The van der Waals surface area contributed by atoms with Gasteiger partial charge in [0.1, 0.15) is 11.6 Å². The quantitative estimate of drug-likeness (QED) is 0.874. The van der Waals surface area contributed by atoms with Gasteiger partial charge in [-0.25, -0.2) is 4.68 Å². The van der Waals surface area contributed by atoms with Crippen LogP contribution >= 0.6 is 11.6 Å². The highest BCUT2D eigenvalue weighted by atomic mass is 35.5. The van der Waals surface area contributed by atoms with E-state index in [-0.39, 0.29) is 12.5 Å². The van der Waals surface area contributed by atoms with E-state index in [1.165, 1.54) is 12.8 Å². The zero-order valence-corrected chi connectivity index (χ0v) is 14.0. The Bertz CT molecular complexity index is 692. The molecule has 0 spiro atoms. The van der Waals surface area contributed by atoms with Crippen LogP contribution in [-0.2, 0) is 4.79 Å². The maximum absolute atomic E-state index is 12.1. The number of anilines is 1. The molecule has 1 saturated carbocycles. The molecule has 1 aliphatic carbocycles. The molecule has 1 N–H and O–H groups in total. The van der Waals surface area contributed by atoms with E-state index in [0.29, 0.717) is 22.7 Å². The zero-order chi connectivity index (χ0) is 16.4. The first-order valence-corrected chi connectivity index (χ1v) is 8.15. The van der Waals surface area contributed by atoms with Gasteiger partial charge in [0.25, 0.3) is 5.91 Å². The average Bonchev–Trinajstić information content (AvgIpc) is 3.30. The fourth-order valence-corrected chi connectivity index (χ4v) is 2.68. The summed E-state index contributed by atoms with van der Waals surface area (Å²) in [6, 6.07) is 9.11. The predicted octanol–water partition coefficient (Wildman–Crippen LogP) is 3.83. The number of hydrogen-bond acceptors (Lipinski definition) is 3. The fourth-order valence-electron chi connectivity index (χ4n) is 2.56. The summed E-state index contributed by atoms with van der Waals surface area (Å²) in [5.41, 5.74) is 0.895. The highest BCUT2D eigenvalue weighted by Crippen LogP contribution is 2.40. The minimum Gasteiger partial charge on any atom is -0.484 e. The van der Waals surface area contributed by atoms with Crippen molar-refractivity contribution in [3.8, 4) is 5.75 Å². The Balaban J connectivity index is 1.60. The average molecular weight is 334 g/mol. The minimum atomic E-state index is -0.205. The van der Waals surface area contributed by atoms with Gasteiger partial charge in [0, 0.05) is 11.1 Å². The molecule has 1 fully saturated rings. The van der Waals surface area contributed by atoms with Gasteiger partial charge in [-0.05, 0) is 56.9 Å². The third-order valence-corrected chi connectivity index (χ3v) is 4.25. The third-order valence-electron chi connectivity index (χ3n) is 4.00. The van der Waals surface area contributed by atoms with Crippen LogP contribution in [0, 0.1) is 12.8 Å². The number of hydrogen-bond donors (Lipinski definition) is 1. The van der Waals surface area contributed by atoms with Crippen LogP contribution in [0.4, 0.5) is 5.82 Å². The van der Waals surface area contributed by atoms with E-state index in [4.69, 9.17) is 16.3 Å². The maximum atomic E-state index is 12.1. The lowest BCUT2D eigenvalue weighted by atomic mass is 10.2. The molecule has 1 atom stereocenters. The van der Waals surface area contributed by atoms with Crippen LogP contribution in [0.2, 0.25) is 5.02 Å². The summed E-state index contributed by atoms with van der Waals surface area (Å²) in [5, 5.41) is 8.02. The molecule has 1 aromatic heterocycles. The van der Waals surface area contributed by atoms with Crippen molar-refractivity contribution in [2.45, 2.75) is 32.7 Å². The van der Waals surface area contributed by atoms with Crippen LogP contribution in [0.1, 0.15) is 31.5 Å². The number of carbonyl (C=O) groups excluding carboxylic acids is 1. The Labute approximate surface area is 140 Å². The number of halogens is 1. The molecule has 23 heavy (non-hydrogen) atoms. The van der Waals surface area contributed by atoms with Gasteiger partial charge in [-0.3, -0.25) is 4.79 Å². The van der Waals surface area contributed by atoms with Crippen LogP contribution in [0.25, 0.3) is 0 Å². The molecular formula is C17H20ClN3O2. The van der Waals surface area contributed by atoms with Gasteiger partial charge in [-0.15, -0.1) is 0 Å². The van der Waals surface area contributed by atoms with Gasteiger partial charge in [0.05, 0.1) is 11.7 Å². The topological polar surface area (TPSA) is 56.1 Å². The lowest BCUT2D eigenvalue weighted by molar-refractivity contribution is -0.118. The lowest BCUT2D eigenvalue weighted by Gasteiger charge is -2.15. The van der Waals surface area contributed by atoms with E-state index in [1.54, 1.807) is 24.3 Å². The number of benzene rings is 1. The number of amides is 1. The number of aromatic nitrogens is 2. The Hall–Kier alpha value is -2.01. The van der Waals surface area contributed by atoms with Gasteiger partial charge >= 0.3 is 0 Å². The normalized spacial score (nSPS) is 15.3. The van der Waals surface area contributed by atoms with Crippen LogP contribution in [0.3, 0.4) is 0 Å². The van der Waals surface area contributed by atoms with Crippen molar-refractivity contribution in [1.82, 2.24) is 9.78 Å². The van der Waals surface area contributed by atoms with Crippen molar-refractivity contribution < 1.29 is 9.53 Å². The van der Waals surface area contributed by atoms with Crippen molar-refractivity contribution in [2.75, 3.05) is 11.9 Å². The SMILES string of the molecule is Cc1cc(NC(=O)COc2ccc(Cl)cc2)n(C(C)C2CC2)n1. The fraction of sp³-hybridized carbons (Fsp3) is 0.412. The number of rotatable bonds is 6. The van der Waals surface area contributed by atoms with Gasteiger partial charge in [-0.2, -0.15) is 5.10 Å². The molecule has 122 valence electrons. The van der Waals surface area contributed by atoms with Gasteiger partial charge in [0.2, 0.25) is 0 Å². The molecule has 1 aliphatic rings. The second kappa shape index (κ2) is 6.62. The first-order chi connectivity index (χ1) is 11.0. The van der Waals surface area contributed by atoms with Crippen molar-refractivity contribution in [3.63, 3.8) is 0 Å². The summed E-state index contributed by atoms with van der Waals surface area (Å²) in [6.07, 6.45) is 2.46. The van der Waals surface area contributed by atoms with Crippen molar-refractivity contribution in [2.24, 2.45) is 5.92 Å². The van der Waals surface area contributed by atoms with Gasteiger partial charge in [-0.1, -0.05) is 11.6 Å². The standard InChI is InChI=1S/C17H20ClN3O2/c1-11-9-16(21(20-11)12(2)13-3-4-13)19-17(22)10-23-15-7-5-14(18)6-8-15/h5-9,12-13H,3-4,10H2,1-2H3,(H,19,22). The molecule has 0 radical (unpaired) electrons. The van der Waals surface area contributed by atoms with Gasteiger partial charge < -0.3 is 10.1 Å². The molecule has 3 rings (SSSR count). The number of aryl methyl sites for hydroxylation is 1. The molecule has 1 amide bonds. The first-order valence-electron chi connectivity index (χ1n) is 7.77. The molecule has 0 saturated heterocycles. The smallest absolute Gasteiger partial charge is 0.263 e. The number of nitrogens with zero attached hydrogens (tertiary/aromatic N) is 2. The summed E-state index contributed by atoms with van der Waals surface area (Å²) in [6.45, 7) is 4.02. The number of nitrogens with one attached hydrogen (secondary N) is 1. The monoisotopic (exact) mass is 333 g/mol. The van der Waals surface area contributed by atoms with E-state index >= 15 is 0 Å². The van der Waals surface area contributed by atoms with E-state index in [2.05, 4.69) is 17.3 Å². The second-order valence-electron chi connectivity index (χ2n) is 5.98. The van der Waals surface area contributed by atoms with Crippen LogP contribution in [-0.4, -0.2) is 22.3 Å². The highest BCUT2D eigenvalue weighted by molar-refractivity contribution is 6.30.